The zero-order valence-corrected chi connectivity index (χ0v) is 31.8. The van der Waals surface area contributed by atoms with Crippen molar-refractivity contribution in [3.63, 3.8) is 0 Å². The average molecular weight is 752 g/mol. The van der Waals surface area contributed by atoms with Crippen LogP contribution in [0.15, 0.2) is 66.7 Å². The van der Waals surface area contributed by atoms with Gasteiger partial charge in [0.15, 0.2) is 0 Å². The number of carbonyl (C=O) groups excluding carboxylic acids is 2. The van der Waals surface area contributed by atoms with Crippen LogP contribution in [0.5, 0.6) is 6.01 Å². The Hall–Kier alpha value is -5.28. The second-order valence-electron chi connectivity index (χ2n) is 15.0. The number of piperazine rings is 1. The maximum absolute atomic E-state index is 13.3. The molecule has 2 fully saturated rings. The fourth-order valence-corrected chi connectivity index (χ4v) is 7.83. The molecule has 0 radical (unpaired) electrons. The summed E-state index contributed by atoms with van der Waals surface area (Å²) < 4.78 is 17.7. The smallest absolute Gasteiger partial charge is 0.410 e. The van der Waals surface area contributed by atoms with E-state index in [0.717, 1.165) is 58.5 Å². The Balaban J connectivity index is 1.16. The highest BCUT2D eigenvalue weighted by molar-refractivity contribution is 6.36. The van der Waals surface area contributed by atoms with Gasteiger partial charge in [-0.05, 0) is 63.1 Å². The van der Waals surface area contributed by atoms with Gasteiger partial charge in [0.25, 0.3) is 0 Å². The molecule has 4 heterocycles. The van der Waals surface area contributed by atoms with Crippen LogP contribution in [0.3, 0.4) is 0 Å². The maximum atomic E-state index is 13.3. The minimum atomic E-state index is -0.602. The minimum absolute atomic E-state index is 0.130. The van der Waals surface area contributed by atoms with Crippen LogP contribution >= 0.6 is 11.6 Å². The van der Waals surface area contributed by atoms with Crippen LogP contribution in [0.25, 0.3) is 15.6 Å². The first-order chi connectivity index (χ1) is 26.1. The van der Waals surface area contributed by atoms with Crippen molar-refractivity contribution in [1.29, 1.82) is 0 Å². The van der Waals surface area contributed by atoms with Crippen LogP contribution in [-0.2, 0) is 29.0 Å². The molecular formula is C41H46ClN7O5. The summed E-state index contributed by atoms with van der Waals surface area (Å²) in [5.74, 6) is 0.744. The zero-order chi connectivity index (χ0) is 37.8. The van der Waals surface area contributed by atoms with Gasteiger partial charge < -0.3 is 33.8 Å². The number of carbonyl (C=O) groups is 2. The molecule has 2 saturated heterocycles. The highest BCUT2D eigenvalue weighted by Gasteiger charge is 2.37. The van der Waals surface area contributed by atoms with Crippen LogP contribution in [0.4, 0.5) is 21.1 Å². The topological polar surface area (TPSA) is 105 Å². The Morgan fingerprint density at radius 2 is 1.69 bits per heavy atom. The number of rotatable bonds is 8. The highest BCUT2D eigenvalue weighted by Crippen LogP contribution is 2.37. The number of halogens is 1. The predicted octanol–water partition coefficient (Wildman–Crippen LogP) is 7.37. The summed E-state index contributed by atoms with van der Waals surface area (Å²) in [6, 6.07) is 21.4. The molecule has 2 amide bonds. The SMILES string of the molecule is [C-]#[N+]C[C@H]1CN(c2nc(OC[C@@H]3CCCN3C(=O)OC(C)(C)C)nc3c2CCN(c2cccc4cccc(Cl)c24)C3)CCN1C(=O)OCc1ccccc1. The van der Waals surface area contributed by atoms with E-state index in [0.29, 0.717) is 44.2 Å². The molecule has 12 nitrogen and oxygen atoms in total. The molecule has 2 atom stereocenters. The standard InChI is InChI=1S/C41H46ClN7O5/c1-41(2,3)54-40(51)48-19-10-15-30(48)27-52-38-44-34-25-46(35-17-9-14-29-13-8-16-33(42)36(29)35)20-18-32(34)37(45-38)47-21-22-49(31(24-47)23-43-4)39(50)53-26-28-11-6-5-7-12-28/h5-9,11-14,16-17,30-31H,10,15,18-27H2,1-3H3/t30-,31-/m0/s1. The lowest BCUT2D eigenvalue weighted by Gasteiger charge is -2.40. The van der Waals surface area contributed by atoms with Crippen molar-refractivity contribution in [1.82, 2.24) is 19.8 Å². The average Bonchev–Trinajstić information content (AvgIpc) is 3.64. The summed E-state index contributed by atoms with van der Waals surface area (Å²) in [6.45, 7) is 16.9. The van der Waals surface area contributed by atoms with Gasteiger partial charge >= 0.3 is 18.2 Å². The summed E-state index contributed by atoms with van der Waals surface area (Å²) in [4.78, 5) is 47.9. The number of hydrogen-bond acceptors (Lipinski definition) is 9. The number of anilines is 2. The fourth-order valence-electron chi connectivity index (χ4n) is 7.55. The highest BCUT2D eigenvalue weighted by atomic mass is 35.5. The van der Waals surface area contributed by atoms with Gasteiger partial charge in [0.1, 0.15) is 30.7 Å². The number of ether oxygens (including phenoxy) is 3. The molecule has 0 aliphatic carbocycles. The molecule has 7 rings (SSSR count). The molecule has 0 N–H and O–H groups in total. The number of aromatic nitrogens is 2. The van der Waals surface area contributed by atoms with E-state index in [2.05, 4.69) is 32.8 Å². The molecule has 0 saturated carbocycles. The van der Waals surface area contributed by atoms with E-state index in [1.165, 1.54) is 0 Å². The van der Waals surface area contributed by atoms with Gasteiger partial charge in [-0.2, -0.15) is 9.97 Å². The third-order valence-corrected chi connectivity index (χ3v) is 10.4. The number of benzene rings is 3. The van der Waals surface area contributed by atoms with Gasteiger partial charge in [0.2, 0.25) is 6.54 Å². The summed E-state index contributed by atoms with van der Waals surface area (Å²) in [5, 5.41) is 2.75. The monoisotopic (exact) mass is 751 g/mol. The molecule has 3 aliphatic rings. The molecule has 13 heteroatoms. The van der Waals surface area contributed by atoms with E-state index >= 15 is 0 Å². The number of likely N-dealkylation sites (tertiary alicyclic amines) is 1. The summed E-state index contributed by atoms with van der Waals surface area (Å²) >= 11 is 6.76. The first kappa shape index (κ1) is 37.1. The Bertz CT molecular complexity index is 2030. The third kappa shape index (κ3) is 8.26. The Morgan fingerprint density at radius 3 is 2.46 bits per heavy atom. The lowest BCUT2D eigenvalue weighted by molar-refractivity contribution is 0.0183. The van der Waals surface area contributed by atoms with Crippen LogP contribution in [0.2, 0.25) is 5.02 Å². The quantitative estimate of drug-likeness (QED) is 0.171. The van der Waals surface area contributed by atoms with Gasteiger partial charge in [-0.25, -0.2) is 16.2 Å². The van der Waals surface area contributed by atoms with Crippen molar-refractivity contribution in [2.75, 3.05) is 55.7 Å². The van der Waals surface area contributed by atoms with E-state index in [1.807, 2.05) is 69.3 Å². The molecule has 0 unspecified atom stereocenters. The van der Waals surface area contributed by atoms with Crippen LogP contribution in [0, 0.1) is 6.57 Å². The third-order valence-electron chi connectivity index (χ3n) is 10.1. The number of amides is 2. The van der Waals surface area contributed by atoms with E-state index in [4.69, 9.17) is 42.4 Å². The van der Waals surface area contributed by atoms with Crippen molar-refractivity contribution in [3.8, 4) is 6.01 Å². The van der Waals surface area contributed by atoms with Gasteiger partial charge in [-0.15, -0.1) is 0 Å². The zero-order valence-electron chi connectivity index (χ0n) is 31.0. The molecular weight excluding hydrogens is 706 g/mol. The first-order valence-electron chi connectivity index (χ1n) is 18.6. The second kappa shape index (κ2) is 16.0. The van der Waals surface area contributed by atoms with E-state index in [1.54, 1.807) is 9.80 Å². The van der Waals surface area contributed by atoms with Crippen molar-refractivity contribution in [2.45, 2.75) is 70.9 Å². The predicted molar refractivity (Wildman–Crippen MR) is 208 cm³/mol. The summed E-state index contributed by atoms with van der Waals surface area (Å²) in [6.07, 6.45) is 1.53. The van der Waals surface area contributed by atoms with Gasteiger partial charge in [-0.3, -0.25) is 4.90 Å². The van der Waals surface area contributed by atoms with Crippen molar-refractivity contribution in [2.24, 2.45) is 0 Å². The molecule has 54 heavy (non-hydrogen) atoms. The number of hydrogen-bond donors (Lipinski definition) is 0. The van der Waals surface area contributed by atoms with Crippen molar-refractivity contribution >= 4 is 46.1 Å². The van der Waals surface area contributed by atoms with E-state index in [-0.39, 0.29) is 37.9 Å². The van der Waals surface area contributed by atoms with E-state index < -0.39 is 17.7 Å². The van der Waals surface area contributed by atoms with Crippen molar-refractivity contribution in [3.05, 3.63) is 100.0 Å². The lowest BCUT2D eigenvalue weighted by atomic mass is 10.0. The van der Waals surface area contributed by atoms with E-state index in [9.17, 15) is 9.59 Å². The van der Waals surface area contributed by atoms with Crippen LogP contribution < -0.4 is 14.5 Å². The molecule has 282 valence electrons. The summed E-state index contributed by atoms with van der Waals surface area (Å²) in [7, 11) is 0. The Labute approximate surface area is 321 Å². The molecule has 0 bridgehead atoms. The normalized spacial score (nSPS) is 18.6. The van der Waals surface area contributed by atoms with Gasteiger partial charge in [0, 0.05) is 49.4 Å². The number of fused-ring (bicyclic) bond motifs is 2. The first-order valence-corrected chi connectivity index (χ1v) is 19.0. The summed E-state index contributed by atoms with van der Waals surface area (Å²) in [5.41, 5.74) is 3.19. The molecule has 3 aliphatic heterocycles. The lowest BCUT2D eigenvalue weighted by Crippen LogP contribution is -2.57. The van der Waals surface area contributed by atoms with Crippen molar-refractivity contribution < 1.29 is 23.8 Å². The fraction of sp³-hybridized carbons (Fsp3) is 0.439. The largest absolute Gasteiger partial charge is 0.461 e. The molecule has 4 aromatic rings. The molecule has 1 aromatic heterocycles. The van der Waals surface area contributed by atoms with Gasteiger partial charge in [0.05, 0.1) is 23.3 Å². The molecule has 0 spiro atoms. The Kier molecular flexibility index (Phi) is 11.0. The maximum Gasteiger partial charge on any atom is 0.410 e. The minimum Gasteiger partial charge on any atom is -0.461 e. The Morgan fingerprint density at radius 1 is 0.907 bits per heavy atom. The second-order valence-corrected chi connectivity index (χ2v) is 15.4. The van der Waals surface area contributed by atoms with Crippen LogP contribution in [0.1, 0.15) is 50.4 Å². The molecule has 3 aromatic carbocycles. The van der Waals surface area contributed by atoms with Gasteiger partial charge in [-0.1, -0.05) is 66.2 Å². The van der Waals surface area contributed by atoms with Crippen LogP contribution in [-0.4, -0.2) is 95.5 Å². The number of nitrogens with zero attached hydrogens (tertiary/aromatic N) is 7.